The van der Waals surface area contributed by atoms with Gasteiger partial charge < -0.3 is 11.1 Å². The maximum Gasteiger partial charge on any atom is 0.240 e. The fourth-order valence-electron chi connectivity index (χ4n) is 2.10. The second kappa shape index (κ2) is 3.54. The summed E-state index contributed by atoms with van der Waals surface area (Å²) < 4.78 is 0. The topological polar surface area (TPSA) is 55.1 Å². The van der Waals surface area contributed by atoms with Crippen molar-refractivity contribution in [3.63, 3.8) is 0 Å². The lowest BCUT2D eigenvalue weighted by molar-refractivity contribution is -0.124. The molecule has 2 aliphatic carbocycles. The first-order valence-corrected chi connectivity index (χ1v) is 5.70. The zero-order valence-electron chi connectivity index (χ0n) is 8.88. The molecule has 3 heteroatoms. The molecule has 2 aliphatic rings. The summed E-state index contributed by atoms with van der Waals surface area (Å²) in [6, 6.07) is 0.389. The molecule has 0 radical (unpaired) electrons. The Kier molecular flexibility index (Phi) is 2.52. The van der Waals surface area contributed by atoms with Crippen LogP contribution in [0.15, 0.2) is 0 Å². The first kappa shape index (κ1) is 9.97. The lowest BCUT2D eigenvalue weighted by Gasteiger charge is -2.27. The third-order valence-electron chi connectivity index (χ3n) is 3.59. The fourth-order valence-corrected chi connectivity index (χ4v) is 2.10. The highest BCUT2D eigenvalue weighted by Gasteiger charge is 2.46. The van der Waals surface area contributed by atoms with Gasteiger partial charge in [-0.15, -0.1) is 0 Å². The van der Waals surface area contributed by atoms with Crippen LogP contribution in [0.2, 0.25) is 0 Å². The summed E-state index contributed by atoms with van der Waals surface area (Å²) in [6.07, 6.45) is 6.46. The molecule has 2 fully saturated rings. The Morgan fingerprint density at radius 2 is 1.86 bits per heavy atom. The molecule has 0 aromatic heterocycles. The minimum Gasteiger partial charge on any atom is -0.352 e. The molecule has 2 rings (SSSR count). The number of hydrogen-bond acceptors (Lipinski definition) is 2. The molecule has 3 nitrogen and oxygen atoms in total. The Morgan fingerprint density at radius 1 is 1.29 bits per heavy atom. The number of carbonyl (C=O) groups is 1. The van der Waals surface area contributed by atoms with Gasteiger partial charge >= 0.3 is 0 Å². The third-order valence-corrected chi connectivity index (χ3v) is 3.59. The van der Waals surface area contributed by atoms with Crippen LogP contribution in [0.5, 0.6) is 0 Å². The van der Waals surface area contributed by atoms with Crippen molar-refractivity contribution in [2.24, 2.45) is 11.7 Å². The van der Waals surface area contributed by atoms with Gasteiger partial charge in [-0.25, -0.2) is 0 Å². The van der Waals surface area contributed by atoms with Gasteiger partial charge in [-0.1, -0.05) is 6.92 Å². The van der Waals surface area contributed by atoms with Gasteiger partial charge in [0.05, 0.1) is 5.54 Å². The van der Waals surface area contributed by atoms with Crippen LogP contribution < -0.4 is 11.1 Å². The largest absolute Gasteiger partial charge is 0.352 e. The molecular formula is C11H20N2O. The average Bonchev–Trinajstić information content (AvgIpc) is 2.89. The van der Waals surface area contributed by atoms with Crippen LogP contribution in [0.25, 0.3) is 0 Å². The van der Waals surface area contributed by atoms with Crippen molar-refractivity contribution in [1.29, 1.82) is 0 Å². The molecule has 0 atom stereocenters. The van der Waals surface area contributed by atoms with Crippen LogP contribution in [0, 0.1) is 5.92 Å². The Bertz CT molecular complexity index is 227. The van der Waals surface area contributed by atoms with Crippen LogP contribution in [-0.2, 0) is 4.79 Å². The second-order valence-electron chi connectivity index (χ2n) is 5.09. The van der Waals surface area contributed by atoms with Crippen molar-refractivity contribution in [2.75, 3.05) is 0 Å². The number of nitrogens with two attached hydrogens (primary N) is 1. The number of hydrogen-bond donors (Lipinski definition) is 2. The van der Waals surface area contributed by atoms with E-state index in [2.05, 4.69) is 12.2 Å². The molecule has 3 N–H and O–H groups in total. The van der Waals surface area contributed by atoms with Gasteiger partial charge in [0.1, 0.15) is 0 Å². The molecule has 0 unspecified atom stereocenters. The van der Waals surface area contributed by atoms with Crippen molar-refractivity contribution in [2.45, 2.75) is 57.0 Å². The van der Waals surface area contributed by atoms with E-state index in [1.165, 1.54) is 12.8 Å². The van der Waals surface area contributed by atoms with Gasteiger partial charge in [0.25, 0.3) is 0 Å². The Balaban J connectivity index is 1.78. The standard InChI is InChI=1S/C11H20N2O/c1-8-2-4-9(5-3-8)13-10(14)11(12)6-7-11/h8-9H,2-7,12H2,1H3,(H,13,14)/t8-,9-. The van der Waals surface area contributed by atoms with Gasteiger partial charge in [-0.3, -0.25) is 4.79 Å². The van der Waals surface area contributed by atoms with Crippen LogP contribution in [-0.4, -0.2) is 17.5 Å². The highest BCUT2D eigenvalue weighted by atomic mass is 16.2. The van der Waals surface area contributed by atoms with E-state index in [0.717, 1.165) is 31.6 Å². The summed E-state index contributed by atoms with van der Waals surface area (Å²) in [5, 5.41) is 3.08. The van der Waals surface area contributed by atoms with Crippen LogP contribution >= 0.6 is 0 Å². The van der Waals surface area contributed by atoms with Gasteiger partial charge in [-0.2, -0.15) is 0 Å². The van der Waals surface area contributed by atoms with Crippen molar-refractivity contribution < 1.29 is 4.79 Å². The molecule has 2 saturated carbocycles. The molecule has 80 valence electrons. The average molecular weight is 196 g/mol. The van der Waals surface area contributed by atoms with Crippen LogP contribution in [0.1, 0.15) is 45.4 Å². The molecule has 0 spiro atoms. The lowest BCUT2D eigenvalue weighted by atomic mass is 9.87. The summed E-state index contributed by atoms with van der Waals surface area (Å²) in [5.41, 5.74) is 5.33. The number of nitrogens with one attached hydrogen (secondary N) is 1. The Hall–Kier alpha value is -0.570. The number of amides is 1. The van der Waals surface area contributed by atoms with E-state index in [1.54, 1.807) is 0 Å². The first-order valence-electron chi connectivity index (χ1n) is 5.70. The molecular weight excluding hydrogens is 176 g/mol. The normalized spacial score (nSPS) is 35.0. The summed E-state index contributed by atoms with van der Waals surface area (Å²) >= 11 is 0. The number of carbonyl (C=O) groups excluding carboxylic acids is 1. The van der Waals surface area contributed by atoms with Crippen molar-refractivity contribution >= 4 is 5.91 Å². The van der Waals surface area contributed by atoms with E-state index in [1.807, 2.05) is 0 Å². The smallest absolute Gasteiger partial charge is 0.240 e. The van der Waals surface area contributed by atoms with Crippen molar-refractivity contribution in [1.82, 2.24) is 5.32 Å². The Morgan fingerprint density at radius 3 is 2.36 bits per heavy atom. The van der Waals surface area contributed by atoms with Gasteiger partial charge in [-0.05, 0) is 44.4 Å². The minimum atomic E-state index is -0.497. The zero-order valence-corrected chi connectivity index (χ0v) is 8.88. The van der Waals surface area contributed by atoms with E-state index < -0.39 is 5.54 Å². The summed E-state index contributed by atoms with van der Waals surface area (Å²) in [4.78, 5) is 11.6. The fraction of sp³-hybridized carbons (Fsp3) is 0.909. The molecule has 0 bridgehead atoms. The van der Waals surface area contributed by atoms with E-state index >= 15 is 0 Å². The van der Waals surface area contributed by atoms with Gasteiger partial charge in [0, 0.05) is 6.04 Å². The summed E-state index contributed by atoms with van der Waals surface area (Å²) in [5.74, 6) is 0.910. The molecule has 0 aromatic carbocycles. The highest BCUT2D eigenvalue weighted by molar-refractivity contribution is 5.89. The maximum atomic E-state index is 11.6. The lowest BCUT2D eigenvalue weighted by Crippen LogP contribution is -2.48. The summed E-state index contributed by atoms with van der Waals surface area (Å²) in [6.45, 7) is 2.28. The van der Waals surface area contributed by atoms with Crippen LogP contribution in [0.3, 0.4) is 0 Å². The molecule has 0 heterocycles. The minimum absolute atomic E-state index is 0.0806. The molecule has 1 amide bonds. The summed E-state index contributed by atoms with van der Waals surface area (Å²) in [7, 11) is 0. The molecule has 0 aliphatic heterocycles. The van der Waals surface area contributed by atoms with Crippen LogP contribution in [0.4, 0.5) is 0 Å². The van der Waals surface area contributed by atoms with E-state index in [9.17, 15) is 4.79 Å². The maximum absolute atomic E-state index is 11.6. The zero-order chi connectivity index (χ0) is 10.2. The second-order valence-corrected chi connectivity index (χ2v) is 5.09. The predicted molar refractivity (Wildman–Crippen MR) is 55.7 cm³/mol. The van der Waals surface area contributed by atoms with E-state index in [0.29, 0.717) is 6.04 Å². The van der Waals surface area contributed by atoms with Crippen molar-refractivity contribution in [3.8, 4) is 0 Å². The first-order chi connectivity index (χ1) is 6.60. The monoisotopic (exact) mass is 196 g/mol. The quantitative estimate of drug-likeness (QED) is 0.696. The molecule has 0 aromatic rings. The van der Waals surface area contributed by atoms with E-state index in [4.69, 9.17) is 5.73 Å². The van der Waals surface area contributed by atoms with E-state index in [-0.39, 0.29) is 5.91 Å². The van der Waals surface area contributed by atoms with Gasteiger partial charge in [0.2, 0.25) is 5.91 Å². The number of rotatable bonds is 2. The highest BCUT2D eigenvalue weighted by Crippen LogP contribution is 2.33. The Labute approximate surface area is 85.4 Å². The third kappa shape index (κ3) is 2.08. The van der Waals surface area contributed by atoms with Crippen molar-refractivity contribution in [3.05, 3.63) is 0 Å². The molecule has 14 heavy (non-hydrogen) atoms. The SMILES string of the molecule is C[C@H]1CC[C@H](NC(=O)C2(N)CC2)CC1. The van der Waals surface area contributed by atoms with Gasteiger partial charge in [0.15, 0.2) is 0 Å². The molecule has 0 saturated heterocycles. The predicted octanol–water partition coefficient (Wildman–Crippen LogP) is 1.17.